The van der Waals surface area contributed by atoms with Crippen molar-refractivity contribution in [1.29, 1.82) is 0 Å². The van der Waals surface area contributed by atoms with Gasteiger partial charge in [-0.3, -0.25) is 0 Å². The van der Waals surface area contributed by atoms with Gasteiger partial charge in [-0.25, -0.2) is 9.59 Å². The van der Waals surface area contributed by atoms with E-state index < -0.39 is 24.3 Å². The van der Waals surface area contributed by atoms with E-state index in [0.717, 1.165) is 44.6 Å². The number of rotatable bonds is 38. The first kappa shape index (κ1) is 46.1. The number of unbranched alkanes of at least 4 members (excludes halogenated alkanes) is 30. The van der Waals surface area contributed by atoms with Gasteiger partial charge in [0.05, 0.1) is 13.2 Å². The molecule has 282 valence electrons. The van der Waals surface area contributed by atoms with Gasteiger partial charge in [-0.1, -0.05) is 206 Å². The third-order valence-electron chi connectivity index (χ3n) is 9.36. The van der Waals surface area contributed by atoms with Crippen LogP contribution < -0.4 is 5.11 Å². The van der Waals surface area contributed by atoms with Crippen molar-refractivity contribution in [3.8, 4) is 0 Å². The van der Waals surface area contributed by atoms with Crippen LogP contribution in [0.4, 0.5) is 0 Å². The highest BCUT2D eigenvalue weighted by atomic mass is 16.5. The second-order valence-corrected chi connectivity index (χ2v) is 14.1. The van der Waals surface area contributed by atoms with Crippen LogP contribution in [0.2, 0.25) is 0 Å². The minimum absolute atomic E-state index is 0.218. The average molecular weight is 678 g/mol. The van der Waals surface area contributed by atoms with E-state index >= 15 is 0 Å². The lowest BCUT2D eigenvalue weighted by Gasteiger charge is -2.09. The van der Waals surface area contributed by atoms with Gasteiger partial charge in [0, 0.05) is 24.0 Å². The topological polar surface area (TPSA) is 92.7 Å². The highest BCUT2D eigenvalue weighted by Crippen LogP contribution is 2.16. The lowest BCUT2D eigenvalue weighted by molar-refractivity contribution is -0.304. The zero-order valence-electron chi connectivity index (χ0n) is 31.8. The summed E-state index contributed by atoms with van der Waals surface area (Å²) in [5.41, 5.74) is -0.219. The van der Waals surface area contributed by atoms with Gasteiger partial charge < -0.3 is 19.4 Å². The van der Waals surface area contributed by atoms with Gasteiger partial charge >= 0.3 is 11.9 Å². The Labute approximate surface area is 297 Å². The first-order valence-corrected chi connectivity index (χ1v) is 20.8. The minimum Gasteiger partial charge on any atom is -0.550 e. The van der Waals surface area contributed by atoms with Crippen molar-refractivity contribution < 1.29 is 29.0 Å². The summed E-state index contributed by atoms with van der Waals surface area (Å²) in [6, 6.07) is 0. The fourth-order valence-corrected chi connectivity index (χ4v) is 6.25. The molecule has 0 aliphatic rings. The Kier molecular flexibility index (Phi) is 36.5. The summed E-state index contributed by atoms with van der Waals surface area (Å²) in [5.74, 6) is -2.91. The largest absolute Gasteiger partial charge is 0.550 e. The molecule has 0 bridgehead atoms. The van der Waals surface area contributed by atoms with Crippen LogP contribution in [0.25, 0.3) is 0 Å². The Morgan fingerprint density at radius 2 is 0.688 bits per heavy atom. The highest BCUT2D eigenvalue weighted by molar-refractivity contribution is 5.99. The van der Waals surface area contributed by atoms with Crippen LogP contribution in [0.3, 0.4) is 0 Å². The second kappa shape index (κ2) is 38.0. The second-order valence-electron chi connectivity index (χ2n) is 14.1. The Morgan fingerprint density at radius 3 is 0.979 bits per heavy atom. The van der Waals surface area contributed by atoms with Crippen LogP contribution in [-0.2, 0) is 23.9 Å². The predicted octanol–water partition coefficient (Wildman–Crippen LogP) is 11.7. The van der Waals surface area contributed by atoms with Gasteiger partial charge in [-0.2, -0.15) is 0 Å². The fourth-order valence-electron chi connectivity index (χ4n) is 6.25. The molecule has 0 saturated carbocycles. The molecule has 0 aromatic rings. The summed E-state index contributed by atoms with van der Waals surface area (Å²) in [5, 5.41) is 11.1. The Bertz CT molecular complexity index is 761. The van der Waals surface area contributed by atoms with Gasteiger partial charge in [0.15, 0.2) is 0 Å². The van der Waals surface area contributed by atoms with Crippen molar-refractivity contribution in [2.45, 2.75) is 226 Å². The Hall–Kier alpha value is -1.85. The first-order chi connectivity index (χ1) is 23.5. The summed E-state index contributed by atoms with van der Waals surface area (Å²) >= 11 is 0. The zero-order chi connectivity index (χ0) is 35.2. The van der Waals surface area contributed by atoms with Crippen LogP contribution in [-0.4, -0.2) is 31.1 Å². The number of ether oxygens (including phenoxy) is 2. The van der Waals surface area contributed by atoms with Gasteiger partial charge in [0.2, 0.25) is 0 Å². The molecular formula is C42H77O6-. The standard InChI is InChI=1S/C42H78O6/c1-3-5-7-9-11-13-15-17-19-21-23-25-27-29-31-33-35-47-41(45)38-39(37-40(43)44)42(46)48-36-34-32-30-28-26-24-22-20-18-16-14-12-10-8-6-4-2/h38H,3-37H2,1-2H3,(H,43,44)/p-1. The number of carbonyl (C=O) groups is 3. The molecule has 0 amide bonds. The van der Waals surface area contributed by atoms with Crippen molar-refractivity contribution in [1.82, 2.24) is 0 Å². The molecule has 0 unspecified atom stereocenters. The molecule has 0 saturated heterocycles. The van der Waals surface area contributed by atoms with Crippen LogP contribution >= 0.6 is 0 Å². The molecule has 6 nitrogen and oxygen atoms in total. The zero-order valence-corrected chi connectivity index (χ0v) is 31.8. The summed E-state index contributed by atoms with van der Waals surface area (Å²) in [6.07, 6.45) is 40.9. The maximum absolute atomic E-state index is 12.4. The van der Waals surface area contributed by atoms with Gasteiger partial charge in [-0.05, 0) is 12.8 Å². The molecular weight excluding hydrogens is 600 g/mol. The number of hydrogen-bond donors (Lipinski definition) is 0. The van der Waals surface area contributed by atoms with E-state index in [1.54, 1.807) is 0 Å². The summed E-state index contributed by atoms with van der Waals surface area (Å²) in [6.45, 7) is 5.01. The maximum Gasteiger partial charge on any atom is 0.334 e. The van der Waals surface area contributed by atoms with Gasteiger partial charge in [0.1, 0.15) is 0 Å². The quantitative estimate of drug-likeness (QED) is 0.0367. The van der Waals surface area contributed by atoms with E-state index in [1.165, 1.54) is 167 Å². The molecule has 6 heteroatoms. The smallest absolute Gasteiger partial charge is 0.334 e. The molecule has 0 aliphatic heterocycles. The predicted molar refractivity (Wildman–Crippen MR) is 199 cm³/mol. The molecule has 0 rings (SSSR count). The number of carboxylic acids is 1. The monoisotopic (exact) mass is 678 g/mol. The van der Waals surface area contributed by atoms with E-state index in [4.69, 9.17) is 9.47 Å². The average Bonchev–Trinajstić information content (AvgIpc) is 3.07. The fraction of sp³-hybridized carbons (Fsp3) is 0.881. The van der Waals surface area contributed by atoms with Crippen LogP contribution in [0.1, 0.15) is 226 Å². The molecule has 0 heterocycles. The Morgan fingerprint density at radius 1 is 0.417 bits per heavy atom. The van der Waals surface area contributed by atoms with Crippen molar-refractivity contribution in [3.05, 3.63) is 11.6 Å². The van der Waals surface area contributed by atoms with Crippen LogP contribution in [0.15, 0.2) is 11.6 Å². The highest BCUT2D eigenvalue weighted by Gasteiger charge is 2.14. The molecule has 48 heavy (non-hydrogen) atoms. The molecule has 0 radical (unpaired) electrons. The summed E-state index contributed by atoms with van der Waals surface area (Å²) < 4.78 is 10.5. The van der Waals surface area contributed by atoms with E-state index in [0.29, 0.717) is 0 Å². The van der Waals surface area contributed by atoms with Crippen LogP contribution in [0, 0.1) is 0 Å². The lowest BCUT2D eigenvalue weighted by Crippen LogP contribution is -2.25. The van der Waals surface area contributed by atoms with Crippen molar-refractivity contribution in [2.75, 3.05) is 13.2 Å². The SMILES string of the molecule is CCCCCCCCCCCCCCCCCCOC(=O)C=C(CC(=O)[O-])C(=O)OCCCCCCCCCCCCCCCCCC. The first-order valence-electron chi connectivity index (χ1n) is 20.8. The number of aliphatic carboxylic acids is 1. The number of esters is 2. The van der Waals surface area contributed by atoms with Crippen LogP contribution in [0.5, 0.6) is 0 Å². The van der Waals surface area contributed by atoms with Crippen molar-refractivity contribution >= 4 is 17.9 Å². The molecule has 0 fully saturated rings. The number of hydrogen-bond acceptors (Lipinski definition) is 6. The van der Waals surface area contributed by atoms with E-state index in [-0.39, 0.29) is 18.8 Å². The van der Waals surface area contributed by atoms with Crippen molar-refractivity contribution in [3.63, 3.8) is 0 Å². The summed E-state index contributed by atoms with van der Waals surface area (Å²) in [7, 11) is 0. The molecule has 0 aromatic carbocycles. The van der Waals surface area contributed by atoms with Gasteiger partial charge in [0.25, 0.3) is 0 Å². The number of carboxylic acid groups (broad SMARTS) is 1. The molecule has 0 aliphatic carbocycles. The van der Waals surface area contributed by atoms with E-state index in [2.05, 4.69) is 13.8 Å². The lowest BCUT2D eigenvalue weighted by atomic mass is 10.0. The van der Waals surface area contributed by atoms with E-state index in [9.17, 15) is 19.5 Å². The number of carbonyl (C=O) groups excluding carboxylic acids is 3. The molecule has 0 atom stereocenters. The third kappa shape index (κ3) is 35.5. The summed E-state index contributed by atoms with van der Waals surface area (Å²) in [4.78, 5) is 35.8. The molecule has 0 aromatic heterocycles. The third-order valence-corrected chi connectivity index (χ3v) is 9.36. The maximum atomic E-state index is 12.4. The Balaban J connectivity index is 3.77. The van der Waals surface area contributed by atoms with Crippen molar-refractivity contribution in [2.24, 2.45) is 0 Å². The van der Waals surface area contributed by atoms with Gasteiger partial charge in [-0.15, -0.1) is 0 Å². The minimum atomic E-state index is -1.42. The normalized spacial score (nSPS) is 11.6. The molecule has 0 spiro atoms. The van der Waals surface area contributed by atoms with E-state index in [1.807, 2.05) is 0 Å². The molecule has 0 N–H and O–H groups in total.